The minimum absolute atomic E-state index is 0.00793. The van der Waals surface area contributed by atoms with Gasteiger partial charge in [-0.25, -0.2) is 0 Å². The molecule has 2 aliphatic rings. The molecule has 0 radical (unpaired) electrons. The third-order valence-electron chi connectivity index (χ3n) is 5.77. The second-order valence-corrected chi connectivity index (χ2v) is 7.93. The van der Waals surface area contributed by atoms with Gasteiger partial charge in [-0.2, -0.15) is 10.2 Å². The van der Waals surface area contributed by atoms with Crippen molar-refractivity contribution in [3.8, 4) is 17.6 Å². The molecule has 0 saturated heterocycles. The van der Waals surface area contributed by atoms with Crippen LogP contribution in [0.4, 0.5) is 17.5 Å². The first-order chi connectivity index (χ1) is 16.9. The Hall–Kier alpha value is -4.92. The van der Waals surface area contributed by atoms with Gasteiger partial charge in [0.25, 0.3) is 11.2 Å². The monoisotopic (exact) mass is 474 g/mol. The van der Waals surface area contributed by atoms with Crippen LogP contribution in [0, 0.1) is 27.4 Å². The van der Waals surface area contributed by atoms with E-state index in [1.807, 2.05) is 18.2 Å². The van der Waals surface area contributed by atoms with Gasteiger partial charge in [0.1, 0.15) is 24.9 Å². The van der Waals surface area contributed by atoms with Crippen molar-refractivity contribution < 1.29 is 19.2 Å². The SMILES string of the molecule is N#CC1C(=O)Nc2nc(NCc3ccc4c(c3)OCCO4)[nH]c(=O)c2C1c1cccc([N+](=O)[O-])c1. The van der Waals surface area contributed by atoms with Crippen LogP contribution in [0.3, 0.4) is 0 Å². The number of anilines is 2. The largest absolute Gasteiger partial charge is 0.486 e. The molecule has 176 valence electrons. The highest BCUT2D eigenvalue weighted by atomic mass is 16.6. The van der Waals surface area contributed by atoms with Crippen LogP contribution in [-0.4, -0.2) is 34.0 Å². The number of nitro benzene ring substituents is 1. The molecule has 5 rings (SSSR count). The minimum atomic E-state index is -1.26. The van der Waals surface area contributed by atoms with Crippen molar-refractivity contribution in [3.05, 3.63) is 79.6 Å². The first kappa shape index (κ1) is 21.9. The van der Waals surface area contributed by atoms with Gasteiger partial charge in [-0.3, -0.25) is 24.7 Å². The molecule has 12 heteroatoms. The maximum Gasteiger partial charge on any atom is 0.269 e. The van der Waals surface area contributed by atoms with Crippen molar-refractivity contribution in [1.29, 1.82) is 5.26 Å². The molecule has 1 aromatic heterocycles. The lowest BCUT2D eigenvalue weighted by atomic mass is 9.79. The van der Waals surface area contributed by atoms with E-state index >= 15 is 0 Å². The normalized spacial score (nSPS) is 18.1. The van der Waals surface area contributed by atoms with Crippen molar-refractivity contribution in [3.63, 3.8) is 0 Å². The van der Waals surface area contributed by atoms with Gasteiger partial charge in [0.15, 0.2) is 11.5 Å². The lowest BCUT2D eigenvalue weighted by molar-refractivity contribution is -0.384. The van der Waals surface area contributed by atoms with Crippen LogP contribution in [0.15, 0.2) is 47.3 Å². The molecular weight excluding hydrogens is 456 g/mol. The molecule has 1 amide bonds. The summed E-state index contributed by atoms with van der Waals surface area (Å²) in [5.74, 6) is -1.55. The van der Waals surface area contributed by atoms with Crippen molar-refractivity contribution in [2.45, 2.75) is 12.5 Å². The number of nitrogens with one attached hydrogen (secondary N) is 3. The number of fused-ring (bicyclic) bond motifs is 2. The molecule has 2 unspecified atom stereocenters. The van der Waals surface area contributed by atoms with Gasteiger partial charge in [-0.1, -0.05) is 18.2 Å². The Balaban J connectivity index is 1.47. The molecule has 3 heterocycles. The number of ether oxygens (including phenoxy) is 2. The van der Waals surface area contributed by atoms with E-state index in [-0.39, 0.29) is 23.0 Å². The number of aromatic nitrogens is 2. The molecule has 2 aliphatic heterocycles. The number of aromatic amines is 1. The van der Waals surface area contributed by atoms with E-state index in [0.29, 0.717) is 36.8 Å². The zero-order valence-electron chi connectivity index (χ0n) is 18.1. The molecule has 12 nitrogen and oxygen atoms in total. The Morgan fingerprint density at radius 1 is 1.17 bits per heavy atom. The molecule has 0 aliphatic carbocycles. The molecule has 3 aromatic rings. The number of carbonyl (C=O) groups excluding carboxylic acids is 1. The summed E-state index contributed by atoms with van der Waals surface area (Å²) in [6, 6.07) is 12.9. The molecular formula is C23H18N6O6. The standard InChI is InChI=1S/C23H18N6O6/c24-10-15-18(13-2-1-3-14(9-13)29(32)33)19-20(26-21(15)30)27-23(28-22(19)31)25-11-12-4-5-16-17(8-12)35-7-6-34-16/h1-5,8-9,15,18H,6-7,11H2,(H3,25,26,27,28,30,31). The number of carbonyl (C=O) groups is 1. The zero-order chi connectivity index (χ0) is 24.5. The summed E-state index contributed by atoms with van der Waals surface area (Å²) in [5.41, 5.74) is 0.413. The number of hydrogen-bond acceptors (Lipinski definition) is 9. The summed E-state index contributed by atoms with van der Waals surface area (Å²) >= 11 is 0. The van der Waals surface area contributed by atoms with Gasteiger partial charge in [0, 0.05) is 24.6 Å². The highest BCUT2D eigenvalue weighted by molar-refractivity contribution is 5.98. The fourth-order valence-electron chi connectivity index (χ4n) is 4.17. The van der Waals surface area contributed by atoms with E-state index in [1.54, 1.807) is 6.07 Å². The summed E-state index contributed by atoms with van der Waals surface area (Å²) in [6.45, 7) is 1.24. The fraction of sp³-hybridized carbons (Fsp3) is 0.217. The summed E-state index contributed by atoms with van der Waals surface area (Å²) < 4.78 is 11.1. The molecule has 0 saturated carbocycles. The van der Waals surface area contributed by atoms with Crippen LogP contribution in [0.25, 0.3) is 0 Å². The molecule has 0 fully saturated rings. The number of nitriles is 1. The predicted octanol–water partition coefficient (Wildman–Crippen LogP) is 2.29. The third-order valence-corrected chi connectivity index (χ3v) is 5.77. The molecule has 0 bridgehead atoms. The van der Waals surface area contributed by atoms with Crippen LogP contribution in [0.1, 0.15) is 22.6 Å². The maximum absolute atomic E-state index is 13.1. The van der Waals surface area contributed by atoms with Crippen molar-refractivity contribution in [2.24, 2.45) is 5.92 Å². The molecule has 35 heavy (non-hydrogen) atoms. The molecule has 0 spiro atoms. The maximum atomic E-state index is 13.1. The second kappa shape index (κ2) is 8.79. The Labute approximate surface area is 197 Å². The second-order valence-electron chi connectivity index (χ2n) is 7.93. The highest BCUT2D eigenvalue weighted by Crippen LogP contribution is 2.39. The minimum Gasteiger partial charge on any atom is -0.486 e. The van der Waals surface area contributed by atoms with Crippen molar-refractivity contribution in [1.82, 2.24) is 9.97 Å². The average molecular weight is 474 g/mol. The van der Waals surface area contributed by atoms with Crippen LogP contribution in [0.2, 0.25) is 0 Å². The third kappa shape index (κ3) is 4.10. The smallest absolute Gasteiger partial charge is 0.269 e. The van der Waals surface area contributed by atoms with Gasteiger partial charge in [0.2, 0.25) is 11.9 Å². The number of nitro groups is 1. The van der Waals surface area contributed by atoms with Gasteiger partial charge in [-0.15, -0.1) is 0 Å². The molecule has 3 N–H and O–H groups in total. The van der Waals surface area contributed by atoms with Gasteiger partial charge in [-0.05, 0) is 23.3 Å². The lowest BCUT2D eigenvalue weighted by Gasteiger charge is -2.28. The summed E-state index contributed by atoms with van der Waals surface area (Å²) in [4.78, 5) is 43.4. The number of rotatable bonds is 5. The number of hydrogen-bond donors (Lipinski definition) is 3. The van der Waals surface area contributed by atoms with E-state index < -0.39 is 28.2 Å². The van der Waals surface area contributed by atoms with Gasteiger partial charge in [0.05, 0.1) is 16.6 Å². The van der Waals surface area contributed by atoms with Gasteiger partial charge >= 0.3 is 0 Å². The van der Waals surface area contributed by atoms with Crippen molar-refractivity contribution >= 4 is 23.4 Å². The van der Waals surface area contributed by atoms with Crippen LogP contribution < -0.4 is 25.7 Å². The predicted molar refractivity (Wildman–Crippen MR) is 122 cm³/mol. The molecule has 2 aromatic carbocycles. The topological polar surface area (TPSA) is 172 Å². The Bertz CT molecular complexity index is 1450. The number of H-pyrrole nitrogens is 1. The van der Waals surface area contributed by atoms with Crippen LogP contribution in [0.5, 0.6) is 11.5 Å². The van der Waals surface area contributed by atoms with Crippen molar-refractivity contribution in [2.75, 3.05) is 23.8 Å². The number of nitrogens with zero attached hydrogens (tertiary/aromatic N) is 3. The van der Waals surface area contributed by atoms with Crippen LogP contribution >= 0.6 is 0 Å². The van der Waals surface area contributed by atoms with Gasteiger partial charge < -0.3 is 20.1 Å². The lowest BCUT2D eigenvalue weighted by Crippen LogP contribution is -2.38. The number of non-ortho nitro benzene ring substituents is 1. The summed E-state index contributed by atoms with van der Waals surface area (Å²) in [5, 5.41) is 26.4. The number of amides is 1. The van der Waals surface area contributed by atoms with Crippen LogP contribution in [-0.2, 0) is 11.3 Å². The van der Waals surface area contributed by atoms with E-state index in [0.717, 1.165) is 5.56 Å². The average Bonchev–Trinajstić information content (AvgIpc) is 2.86. The molecule has 2 atom stereocenters. The van der Waals surface area contributed by atoms with E-state index in [9.17, 15) is 25.0 Å². The quantitative estimate of drug-likeness (QED) is 0.370. The first-order valence-electron chi connectivity index (χ1n) is 10.7. The van der Waals surface area contributed by atoms with E-state index in [1.165, 1.54) is 24.3 Å². The number of benzene rings is 2. The highest BCUT2D eigenvalue weighted by Gasteiger charge is 2.40. The first-order valence-corrected chi connectivity index (χ1v) is 10.7. The summed E-state index contributed by atoms with van der Waals surface area (Å²) in [6.07, 6.45) is 0. The van der Waals surface area contributed by atoms with E-state index in [2.05, 4.69) is 20.6 Å². The summed E-state index contributed by atoms with van der Waals surface area (Å²) in [7, 11) is 0. The Morgan fingerprint density at radius 2 is 1.97 bits per heavy atom. The Kier molecular flexibility index (Phi) is 5.50. The zero-order valence-corrected chi connectivity index (χ0v) is 18.1. The van der Waals surface area contributed by atoms with E-state index in [4.69, 9.17) is 9.47 Å². The Morgan fingerprint density at radius 3 is 2.74 bits per heavy atom. The fourth-order valence-corrected chi connectivity index (χ4v) is 4.17.